The Morgan fingerprint density at radius 1 is 0.933 bits per heavy atom. The molecule has 3 aromatic rings. The number of hydrogen-bond donors (Lipinski definition) is 1. The summed E-state index contributed by atoms with van der Waals surface area (Å²) >= 11 is 0. The second-order valence-electron chi connectivity index (χ2n) is 6.96. The highest BCUT2D eigenvalue weighted by Crippen LogP contribution is 2.22. The molecule has 7 heteroatoms. The van der Waals surface area contributed by atoms with Gasteiger partial charge in [0, 0.05) is 19.2 Å². The monoisotopic (exact) mass is 426 g/mol. The van der Waals surface area contributed by atoms with Crippen LogP contribution in [0.4, 0.5) is 10.1 Å². The smallest absolute Gasteiger partial charge is 0.264 e. The minimum absolute atomic E-state index is 0.207. The van der Waals surface area contributed by atoms with Crippen LogP contribution in [0.25, 0.3) is 0 Å². The summed E-state index contributed by atoms with van der Waals surface area (Å²) in [4.78, 5) is 12.5. The molecule has 0 saturated heterocycles. The van der Waals surface area contributed by atoms with E-state index in [9.17, 15) is 17.6 Å². The van der Waals surface area contributed by atoms with Crippen LogP contribution in [0.2, 0.25) is 0 Å². The number of benzene rings is 3. The van der Waals surface area contributed by atoms with Gasteiger partial charge in [-0.2, -0.15) is 0 Å². The third-order valence-corrected chi connectivity index (χ3v) is 6.58. The number of amides is 1. The Kier molecular flexibility index (Phi) is 6.52. The van der Waals surface area contributed by atoms with Gasteiger partial charge in [-0.05, 0) is 67.4 Å². The quantitative estimate of drug-likeness (QED) is 0.623. The third kappa shape index (κ3) is 5.04. The number of sulfonamides is 1. The van der Waals surface area contributed by atoms with Crippen LogP contribution in [-0.2, 0) is 16.4 Å². The number of carbonyl (C=O) groups is 1. The molecule has 0 bridgehead atoms. The fourth-order valence-corrected chi connectivity index (χ4v) is 4.10. The second-order valence-corrected chi connectivity index (χ2v) is 8.93. The van der Waals surface area contributed by atoms with Crippen LogP contribution in [0, 0.1) is 12.7 Å². The van der Waals surface area contributed by atoms with Gasteiger partial charge in [0.2, 0.25) is 0 Å². The molecular formula is C23H23FN2O3S. The Bertz CT molecular complexity index is 1110. The van der Waals surface area contributed by atoms with Crippen molar-refractivity contribution in [1.82, 2.24) is 5.32 Å². The zero-order valence-electron chi connectivity index (χ0n) is 16.8. The maximum atomic E-state index is 12.9. The highest BCUT2D eigenvalue weighted by molar-refractivity contribution is 7.92. The van der Waals surface area contributed by atoms with Crippen LogP contribution in [0.15, 0.2) is 77.7 Å². The Hall–Kier alpha value is -3.19. The van der Waals surface area contributed by atoms with Crippen LogP contribution in [0.1, 0.15) is 21.5 Å². The Morgan fingerprint density at radius 3 is 2.13 bits per heavy atom. The van der Waals surface area contributed by atoms with Crippen molar-refractivity contribution in [3.8, 4) is 0 Å². The molecule has 30 heavy (non-hydrogen) atoms. The van der Waals surface area contributed by atoms with Gasteiger partial charge < -0.3 is 5.32 Å². The molecule has 1 N–H and O–H groups in total. The maximum Gasteiger partial charge on any atom is 0.264 e. The molecule has 0 fully saturated rings. The third-order valence-electron chi connectivity index (χ3n) is 4.78. The standard InChI is InChI=1S/C23H23FN2O3S/c1-17-3-13-22(14-4-17)30(28,29)26(2)21-11-7-19(8-12-21)23(27)25-16-15-18-5-9-20(24)10-6-18/h3-14H,15-16H2,1-2H3,(H,25,27). The van der Waals surface area contributed by atoms with E-state index in [4.69, 9.17) is 0 Å². The molecule has 0 spiro atoms. The van der Waals surface area contributed by atoms with Gasteiger partial charge >= 0.3 is 0 Å². The van der Waals surface area contributed by atoms with Gasteiger partial charge in [-0.15, -0.1) is 0 Å². The van der Waals surface area contributed by atoms with Gasteiger partial charge in [-0.3, -0.25) is 9.10 Å². The first-order valence-electron chi connectivity index (χ1n) is 9.46. The van der Waals surface area contributed by atoms with E-state index in [1.165, 1.54) is 23.5 Å². The van der Waals surface area contributed by atoms with E-state index in [-0.39, 0.29) is 16.6 Å². The number of halogens is 1. The fourth-order valence-electron chi connectivity index (χ4n) is 2.90. The van der Waals surface area contributed by atoms with Crippen molar-refractivity contribution in [2.75, 3.05) is 17.9 Å². The summed E-state index contributed by atoms with van der Waals surface area (Å²) in [6.07, 6.45) is 0.585. The van der Waals surface area contributed by atoms with Crippen LogP contribution in [0.5, 0.6) is 0 Å². The first-order chi connectivity index (χ1) is 14.3. The summed E-state index contributed by atoms with van der Waals surface area (Å²) in [5.41, 5.74) is 2.79. The molecule has 0 radical (unpaired) electrons. The maximum absolute atomic E-state index is 12.9. The average Bonchev–Trinajstić information content (AvgIpc) is 2.75. The number of hydrogen-bond acceptors (Lipinski definition) is 3. The van der Waals surface area contributed by atoms with Crippen LogP contribution >= 0.6 is 0 Å². The zero-order chi connectivity index (χ0) is 21.7. The van der Waals surface area contributed by atoms with Crippen LogP contribution in [-0.4, -0.2) is 27.9 Å². The van der Waals surface area contributed by atoms with E-state index in [0.29, 0.717) is 24.2 Å². The van der Waals surface area contributed by atoms with Crippen molar-refractivity contribution >= 4 is 21.6 Å². The van der Waals surface area contributed by atoms with Crippen LogP contribution < -0.4 is 9.62 Å². The Labute approximate surface area is 176 Å². The first-order valence-corrected chi connectivity index (χ1v) is 10.9. The summed E-state index contributed by atoms with van der Waals surface area (Å²) in [6, 6.07) is 19.2. The Balaban J connectivity index is 1.62. The van der Waals surface area contributed by atoms with E-state index in [2.05, 4.69) is 5.32 Å². The van der Waals surface area contributed by atoms with E-state index in [1.54, 1.807) is 60.7 Å². The molecule has 0 saturated carbocycles. The molecule has 0 atom stereocenters. The average molecular weight is 427 g/mol. The molecular weight excluding hydrogens is 403 g/mol. The number of aryl methyl sites for hydroxylation is 1. The minimum atomic E-state index is -3.68. The molecule has 0 aliphatic carbocycles. The number of nitrogens with zero attached hydrogens (tertiary/aromatic N) is 1. The van der Waals surface area contributed by atoms with E-state index in [0.717, 1.165) is 11.1 Å². The summed E-state index contributed by atoms with van der Waals surface area (Å²) in [5, 5.41) is 2.81. The lowest BCUT2D eigenvalue weighted by atomic mass is 10.1. The molecule has 3 rings (SSSR count). The normalized spacial score (nSPS) is 11.2. The lowest BCUT2D eigenvalue weighted by molar-refractivity contribution is 0.0954. The predicted molar refractivity (Wildman–Crippen MR) is 116 cm³/mol. The molecule has 0 aliphatic rings. The molecule has 5 nitrogen and oxygen atoms in total. The highest BCUT2D eigenvalue weighted by atomic mass is 32.2. The van der Waals surface area contributed by atoms with E-state index in [1.807, 2.05) is 6.92 Å². The van der Waals surface area contributed by atoms with Gasteiger partial charge in [-0.1, -0.05) is 29.8 Å². The SMILES string of the molecule is Cc1ccc(S(=O)(=O)N(C)c2ccc(C(=O)NCCc3ccc(F)cc3)cc2)cc1. The van der Waals surface area contributed by atoms with E-state index < -0.39 is 10.0 Å². The van der Waals surface area contributed by atoms with E-state index >= 15 is 0 Å². The second kappa shape index (κ2) is 9.09. The topological polar surface area (TPSA) is 66.5 Å². The molecule has 0 aliphatic heterocycles. The first kappa shape index (κ1) is 21.5. The molecule has 3 aromatic carbocycles. The van der Waals surface area contributed by atoms with Crippen LogP contribution in [0.3, 0.4) is 0 Å². The molecule has 0 heterocycles. The minimum Gasteiger partial charge on any atom is -0.352 e. The van der Waals surface area contributed by atoms with Crippen molar-refractivity contribution in [1.29, 1.82) is 0 Å². The fraction of sp³-hybridized carbons (Fsp3) is 0.174. The lowest BCUT2D eigenvalue weighted by Gasteiger charge is -2.20. The lowest BCUT2D eigenvalue weighted by Crippen LogP contribution is -2.27. The van der Waals surface area contributed by atoms with Gasteiger partial charge in [0.25, 0.3) is 15.9 Å². The van der Waals surface area contributed by atoms with Gasteiger partial charge in [-0.25, -0.2) is 12.8 Å². The number of rotatable bonds is 7. The van der Waals surface area contributed by atoms with Gasteiger partial charge in [0.1, 0.15) is 5.82 Å². The number of carbonyl (C=O) groups excluding carboxylic acids is 1. The predicted octanol–water partition coefficient (Wildman–Crippen LogP) is 3.93. The molecule has 0 unspecified atom stereocenters. The van der Waals surface area contributed by atoms with Crippen molar-refractivity contribution in [2.24, 2.45) is 0 Å². The summed E-state index contributed by atoms with van der Waals surface area (Å²) < 4.78 is 39.7. The van der Waals surface area contributed by atoms with Crippen molar-refractivity contribution < 1.29 is 17.6 Å². The van der Waals surface area contributed by atoms with Gasteiger partial charge in [0.15, 0.2) is 0 Å². The summed E-state index contributed by atoms with van der Waals surface area (Å²) in [5.74, 6) is -0.551. The summed E-state index contributed by atoms with van der Waals surface area (Å²) in [6.45, 7) is 2.30. The number of nitrogens with one attached hydrogen (secondary N) is 1. The Morgan fingerprint density at radius 2 is 1.53 bits per heavy atom. The number of anilines is 1. The van der Waals surface area contributed by atoms with Crippen molar-refractivity contribution in [3.05, 3.63) is 95.3 Å². The largest absolute Gasteiger partial charge is 0.352 e. The van der Waals surface area contributed by atoms with Gasteiger partial charge in [0.05, 0.1) is 10.6 Å². The molecule has 0 aromatic heterocycles. The summed E-state index contributed by atoms with van der Waals surface area (Å²) in [7, 11) is -2.20. The molecule has 156 valence electrons. The zero-order valence-corrected chi connectivity index (χ0v) is 17.6. The van der Waals surface area contributed by atoms with Crippen molar-refractivity contribution in [2.45, 2.75) is 18.2 Å². The highest BCUT2D eigenvalue weighted by Gasteiger charge is 2.21. The van der Waals surface area contributed by atoms with Crippen molar-refractivity contribution in [3.63, 3.8) is 0 Å². The molecule has 1 amide bonds.